The number of unbranched alkanes of at least 4 members (excludes halogenated alkanes) is 11. The van der Waals surface area contributed by atoms with E-state index in [-0.39, 0.29) is 0 Å². The Labute approximate surface area is 127 Å². The molecule has 0 fully saturated rings. The molecule has 1 radical (unpaired) electrons. The number of hydrogen-bond acceptors (Lipinski definition) is 1. The van der Waals surface area contributed by atoms with Gasteiger partial charge in [0.1, 0.15) is 6.29 Å². The lowest BCUT2D eigenvalue weighted by molar-refractivity contribution is -0.111. The molecule has 0 aromatic carbocycles. The van der Waals surface area contributed by atoms with Gasteiger partial charge in [0.25, 0.3) is 0 Å². The molecule has 1 nitrogen and oxygen atoms in total. The van der Waals surface area contributed by atoms with E-state index in [9.17, 15) is 4.79 Å². The van der Waals surface area contributed by atoms with E-state index in [0.29, 0.717) is 5.92 Å². The van der Waals surface area contributed by atoms with Gasteiger partial charge in [0, 0.05) is 5.92 Å². The monoisotopic (exact) mass is 281 g/mol. The molecule has 0 spiro atoms. The number of carbonyl (C=O) groups is 1. The van der Waals surface area contributed by atoms with Crippen LogP contribution in [0.1, 0.15) is 103 Å². The Balaban J connectivity index is 3.31. The molecule has 20 heavy (non-hydrogen) atoms. The van der Waals surface area contributed by atoms with Crippen LogP contribution in [0.2, 0.25) is 0 Å². The van der Waals surface area contributed by atoms with Gasteiger partial charge in [-0.25, -0.2) is 0 Å². The van der Waals surface area contributed by atoms with E-state index in [1.807, 2.05) is 0 Å². The van der Waals surface area contributed by atoms with E-state index >= 15 is 0 Å². The Morgan fingerprint density at radius 3 is 1.65 bits per heavy atom. The molecule has 0 bridgehead atoms. The van der Waals surface area contributed by atoms with Gasteiger partial charge in [-0.3, -0.25) is 0 Å². The highest BCUT2D eigenvalue weighted by molar-refractivity contribution is 5.53. The van der Waals surface area contributed by atoms with Gasteiger partial charge in [-0.15, -0.1) is 0 Å². The first kappa shape index (κ1) is 19.7. The van der Waals surface area contributed by atoms with Gasteiger partial charge in [-0.1, -0.05) is 97.3 Å². The third-order valence-corrected chi connectivity index (χ3v) is 4.20. The first-order valence-corrected chi connectivity index (χ1v) is 9.09. The van der Waals surface area contributed by atoms with Crippen molar-refractivity contribution in [1.82, 2.24) is 0 Å². The maximum absolute atomic E-state index is 11.1. The molecule has 0 amide bonds. The zero-order chi connectivity index (χ0) is 14.9. The molecule has 1 unspecified atom stereocenters. The summed E-state index contributed by atoms with van der Waals surface area (Å²) in [6.07, 6.45) is 20.3. The maximum atomic E-state index is 11.1. The lowest BCUT2D eigenvalue weighted by atomic mass is 9.95. The lowest BCUT2D eigenvalue weighted by Gasteiger charge is -2.10. The molecular weight excluding hydrogens is 244 g/mol. The van der Waals surface area contributed by atoms with E-state index in [1.165, 1.54) is 83.3 Å². The highest BCUT2D eigenvalue weighted by Crippen LogP contribution is 2.17. The molecule has 0 saturated carbocycles. The Morgan fingerprint density at radius 1 is 0.750 bits per heavy atom. The molecule has 119 valence electrons. The van der Waals surface area contributed by atoms with Gasteiger partial charge in [-0.2, -0.15) is 0 Å². The van der Waals surface area contributed by atoms with Gasteiger partial charge in [0.05, 0.1) is 0 Å². The summed E-state index contributed by atoms with van der Waals surface area (Å²) in [7, 11) is 0. The quantitative estimate of drug-likeness (QED) is 0.233. The summed E-state index contributed by atoms with van der Waals surface area (Å²) in [4.78, 5) is 11.1. The third kappa shape index (κ3) is 14.1. The van der Waals surface area contributed by atoms with Gasteiger partial charge in [0.15, 0.2) is 0 Å². The SMILES string of the molecule is [CH2]CCCCCCCC(C=O)CCCCCCCCC. The Bertz CT molecular complexity index is 188. The minimum absolute atomic E-state index is 0.332. The van der Waals surface area contributed by atoms with Crippen molar-refractivity contribution in [1.29, 1.82) is 0 Å². The number of hydrogen-bond donors (Lipinski definition) is 0. The normalized spacial score (nSPS) is 12.5. The molecule has 0 aromatic rings. The van der Waals surface area contributed by atoms with Gasteiger partial charge >= 0.3 is 0 Å². The van der Waals surface area contributed by atoms with Crippen molar-refractivity contribution in [2.45, 2.75) is 103 Å². The summed E-state index contributed by atoms with van der Waals surface area (Å²) in [6.45, 7) is 6.12. The summed E-state index contributed by atoms with van der Waals surface area (Å²) in [5.74, 6) is 0.332. The van der Waals surface area contributed by atoms with Crippen LogP contribution in [0.25, 0.3) is 0 Å². The molecule has 0 N–H and O–H groups in total. The molecule has 1 heteroatoms. The highest BCUT2D eigenvalue weighted by atomic mass is 16.1. The summed E-state index contributed by atoms with van der Waals surface area (Å²) in [6, 6.07) is 0. The molecule has 0 aliphatic carbocycles. The van der Waals surface area contributed by atoms with E-state index < -0.39 is 0 Å². The predicted molar refractivity (Wildman–Crippen MR) is 89.8 cm³/mol. The third-order valence-electron chi connectivity index (χ3n) is 4.20. The van der Waals surface area contributed by atoms with Crippen LogP contribution in [0, 0.1) is 12.8 Å². The summed E-state index contributed by atoms with van der Waals surface area (Å²) in [5.41, 5.74) is 0. The molecule has 0 saturated heterocycles. The highest BCUT2D eigenvalue weighted by Gasteiger charge is 2.06. The Hall–Kier alpha value is -0.330. The molecular formula is C19H37O. The second-order valence-corrected chi connectivity index (χ2v) is 6.22. The summed E-state index contributed by atoms with van der Waals surface area (Å²) >= 11 is 0. The lowest BCUT2D eigenvalue weighted by Crippen LogP contribution is -2.02. The van der Waals surface area contributed by atoms with Gasteiger partial charge < -0.3 is 4.79 Å². The van der Waals surface area contributed by atoms with Crippen LogP contribution >= 0.6 is 0 Å². The van der Waals surface area contributed by atoms with E-state index in [2.05, 4.69) is 13.8 Å². The fourth-order valence-corrected chi connectivity index (χ4v) is 2.76. The standard InChI is InChI=1S/C19H37O/c1-3-5-7-9-11-13-15-17-19(18-20)16-14-12-10-8-6-4-2/h18-19H,2-17H2,1H3. The van der Waals surface area contributed by atoms with Crippen LogP contribution in [0.3, 0.4) is 0 Å². The van der Waals surface area contributed by atoms with Crippen LogP contribution in [0.4, 0.5) is 0 Å². The molecule has 0 rings (SSSR count). The van der Waals surface area contributed by atoms with Crippen molar-refractivity contribution in [3.05, 3.63) is 6.92 Å². The fraction of sp³-hybridized carbons (Fsp3) is 0.895. The van der Waals surface area contributed by atoms with Crippen molar-refractivity contribution >= 4 is 6.29 Å². The van der Waals surface area contributed by atoms with E-state index in [1.54, 1.807) is 0 Å². The van der Waals surface area contributed by atoms with Crippen molar-refractivity contribution in [2.24, 2.45) is 5.92 Å². The largest absolute Gasteiger partial charge is 0.303 e. The second-order valence-electron chi connectivity index (χ2n) is 6.22. The van der Waals surface area contributed by atoms with Crippen molar-refractivity contribution in [3.63, 3.8) is 0 Å². The molecule has 0 aromatic heterocycles. The Kier molecular flexibility index (Phi) is 16.4. The second kappa shape index (κ2) is 16.7. The maximum Gasteiger partial charge on any atom is 0.123 e. The first-order valence-electron chi connectivity index (χ1n) is 9.09. The average molecular weight is 282 g/mol. The molecule has 0 aliphatic heterocycles. The van der Waals surface area contributed by atoms with Crippen LogP contribution in [0.15, 0.2) is 0 Å². The predicted octanol–water partition coefficient (Wildman–Crippen LogP) is 6.51. The van der Waals surface area contributed by atoms with E-state index in [4.69, 9.17) is 0 Å². The fourth-order valence-electron chi connectivity index (χ4n) is 2.76. The molecule has 0 aliphatic rings. The topological polar surface area (TPSA) is 17.1 Å². The van der Waals surface area contributed by atoms with Crippen LogP contribution in [-0.2, 0) is 4.79 Å². The van der Waals surface area contributed by atoms with Crippen LogP contribution in [-0.4, -0.2) is 6.29 Å². The molecule has 1 atom stereocenters. The average Bonchev–Trinajstić information content (AvgIpc) is 2.47. The number of rotatable bonds is 16. The van der Waals surface area contributed by atoms with Gasteiger partial charge in [-0.05, 0) is 12.8 Å². The number of aldehydes is 1. The van der Waals surface area contributed by atoms with Crippen LogP contribution < -0.4 is 0 Å². The van der Waals surface area contributed by atoms with Crippen molar-refractivity contribution in [2.75, 3.05) is 0 Å². The Morgan fingerprint density at radius 2 is 1.20 bits per heavy atom. The van der Waals surface area contributed by atoms with Crippen molar-refractivity contribution in [3.8, 4) is 0 Å². The van der Waals surface area contributed by atoms with Gasteiger partial charge in [0.2, 0.25) is 0 Å². The molecule has 0 heterocycles. The summed E-state index contributed by atoms with van der Waals surface area (Å²) < 4.78 is 0. The van der Waals surface area contributed by atoms with E-state index in [0.717, 1.165) is 19.3 Å². The zero-order valence-electron chi connectivity index (χ0n) is 13.9. The first-order chi connectivity index (χ1) is 9.85. The number of carbonyl (C=O) groups excluding carboxylic acids is 1. The minimum atomic E-state index is 0.332. The smallest absolute Gasteiger partial charge is 0.123 e. The minimum Gasteiger partial charge on any atom is -0.303 e. The zero-order valence-corrected chi connectivity index (χ0v) is 13.9. The summed E-state index contributed by atoms with van der Waals surface area (Å²) in [5, 5.41) is 0. The van der Waals surface area contributed by atoms with Crippen molar-refractivity contribution < 1.29 is 4.79 Å². The van der Waals surface area contributed by atoms with Crippen LogP contribution in [0.5, 0.6) is 0 Å².